The molecule has 0 aliphatic rings. The van der Waals surface area contributed by atoms with E-state index in [2.05, 4.69) is 13.0 Å². The van der Waals surface area contributed by atoms with Gasteiger partial charge in [0.05, 0.1) is 6.10 Å². The van der Waals surface area contributed by atoms with E-state index in [0.717, 1.165) is 32.4 Å². The second kappa shape index (κ2) is 9.64. The van der Waals surface area contributed by atoms with Crippen LogP contribution in [0.3, 0.4) is 0 Å². The predicted molar refractivity (Wildman–Crippen MR) is 112 cm³/mol. The predicted octanol–water partition coefficient (Wildman–Crippen LogP) is 6.11. The van der Waals surface area contributed by atoms with Crippen molar-refractivity contribution in [2.24, 2.45) is 0 Å². The van der Waals surface area contributed by atoms with Crippen LogP contribution in [-0.2, 0) is 15.3 Å². The summed E-state index contributed by atoms with van der Waals surface area (Å²) in [5, 5.41) is 10.0. The fourth-order valence-corrected chi connectivity index (χ4v) is 3.58. The largest absolute Gasteiger partial charge is 0.459 e. The van der Waals surface area contributed by atoms with Crippen molar-refractivity contribution in [3.63, 3.8) is 0 Å². The molecule has 0 fully saturated rings. The molecule has 0 heterocycles. The molecule has 0 aliphatic carbocycles. The van der Waals surface area contributed by atoms with Crippen LogP contribution in [0.2, 0.25) is 5.02 Å². The molecule has 0 amide bonds. The van der Waals surface area contributed by atoms with Crippen molar-refractivity contribution in [2.75, 3.05) is 0 Å². The number of carbonyl (C=O) groups is 1. The monoisotopic (exact) mass is 399 g/mol. The van der Waals surface area contributed by atoms with Crippen LogP contribution in [0.1, 0.15) is 36.1 Å². The van der Waals surface area contributed by atoms with Gasteiger partial charge >= 0.3 is 5.97 Å². The Kier molecular flexibility index (Phi) is 7.53. The summed E-state index contributed by atoms with van der Waals surface area (Å²) in [5.74, 6) is 0.192. The van der Waals surface area contributed by atoms with E-state index in [0.29, 0.717) is 0 Å². The highest BCUT2D eigenvalue weighted by molar-refractivity contribution is 7.98. The van der Waals surface area contributed by atoms with Crippen LogP contribution >= 0.6 is 23.4 Å². The molecule has 2 aromatic carbocycles. The Hall–Kier alpha value is -2.22. The van der Waals surface area contributed by atoms with E-state index in [1.54, 1.807) is 31.7 Å². The van der Waals surface area contributed by atoms with E-state index in [1.165, 1.54) is 5.56 Å². The molecule has 0 spiro atoms. The van der Waals surface area contributed by atoms with Gasteiger partial charge in [0.1, 0.15) is 11.6 Å². The van der Waals surface area contributed by atoms with Crippen LogP contribution in [0.15, 0.2) is 46.9 Å². The van der Waals surface area contributed by atoms with Crippen molar-refractivity contribution < 1.29 is 9.53 Å². The first-order chi connectivity index (χ1) is 12.8. The average molecular weight is 400 g/mol. The van der Waals surface area contributed by atoms with Gasteiger partial charge in [-0.05, 0) is 80.3 Å². The van der Waals surface area contributed by atoms with Crippen molar-refractivity contribution in [3.05, 3.63) is 69.2 Å². The summed E-state index contributed by atoms with van der Waals surface area (Å²) in [5.41, 5.74) is 4.20. The highest BCUT2D eigenvalue weighted by Gasteiger charge is 2.14. The number of nitrogens with zero attached hydrogens (tertiary/aromatic N) is 1. The lowest BCUT2D eigenvalue weighted by atomic mass is 9.99. The first-order valence-electron chi connectivity index (χ1n) is 8.61. The van der Waals surface area contributed by atoms with E-state index < -0.39 is 5.97 Å². The molecular weight excluding hydrogens is 378 g/mol. The smallest absolute Gasteiger partial charge is 0.349 e. The molecular formula is C22H22ClNO2S. The summed E-state index contributed by atoms with van der Waals surface area (Å²) >= 11 is 7.65. The maximum Gasteiger partial charge on any atom is 0.349 e. The topological polar surface area (TPSA) is 50.1 Å². The van der Waals surface area contributed by atoms with Gasteiger partial charge in [0.25, 0.3) is 0 Å². The van der Waals surface area contributed by atoms with Crippen LogP contribution in [0.4, 0.5) is 0 Å². The number of carbonyl (C=O) groups excluding carboxylic acids is 1. The van der Waals surface area contributed by atoms with Crippen LogP contribution in [0.25, 0.3) is 6.08 Å². The maximum absolute atomic E-state index is 12.1. The maximum atomic E-state index is 12.1. The third-order valence-corrected chi connectivity index (χ3v) is 5.23. The summed E-state index contributed by atoms with van der Waals surface area (Å²) in [4.78, 5) is 13.2. The van der Waals surface area contributed by atoms with Gasteiger partial charge in [-0.25, -0.2) is 4.79 Å². The first-order valence-corrected chi connectivity index (χ1v) is 9.97. The first kappa shape index (κ1) is 21.1. The second-order valence-electron chi connectivity index (χ2n) is 6.50. The minimum Gasteiger partial charge on any atom is -0.459 e. The van der Waals surface area contributed by atoms with Crippen LogP contribution in [0, 0.1) is 25.2 Å². The number of hydrogen-bond acceptors (Lipinski definition) is 4. The summed E-state index contributed by atoms with van der Waals surface area (Å²) in [6, 6.07) is 13.8. The Bertz CT molecular complexity index is 896. The molecule has 5 heteroatoms. The molecule has 2 aromatic rings. The standard InChI is InChI=1S/C22H22ClNO2S/c1-14(2)26-22(25)18(12-24)10-17-11-19(16(4)9-15(17)3)13-27-21-7-5-20(23)6-8-21/h5-11,14H,13H2,1-4H3. The van der Waals surface area contributed by atoms with E-state index in [1.807, 2.05) is 43.3 Å². The molecule has 2 rings (SSSR count). The number of esters is 1. The number of thioether (sulfide) groups is 1. The molecule has 27 heavy (non-hydrogen) atoms. The number of hydrogen-bond donors (Lipinski definition) is 0. The fourth-order valence-electron chi connectivity index (χ4n) is 2.49. The van der Waals surface area contributed by atoms with Gasteiger partial charge < -0.3 is 4.74 Å². The van der Waals surface area contributed by atoms with Crippen molar-refractivity contribution in [3.8, 4) is 6.07 Å². The molecule has 0 atom stereocenters. The van der Waals surface area contributed by atoms with Crippen molar-refractivity contribution in [1.29, 1.82) is 5.26 Å². The SMILES string of the molecule is Cc1cc(C)c(CSc2ccc(Cl)cc2)cc1C=C(C#N)C(=O)OC(C)C. The van der Waals surface area contributed by atoms with Crippen molar-refractivity contribution in [1.82, 2.24) is 0 Å². The molecule has 0 N–H and O–H groups in total. The Balaban J connectivity index is 2.26. The molecule has 0 saturated carbocycles. The lowest BCUT2D eigenvalue weighted by Gasteiger charge is -2.11. The zero-order valence-corrected chi connectivity index (χ0v) is 17.4. The van der Waals surface area contributed by atoms with E-state index in [9.17, 15) is 10.1 Å². The van der Waals surface area contributed by atoms with Crippen LogP contribution in [-0.4, -0.2) is 12.1 Å². The van der Waals surface area contributed by atoms with Crippen LogP contribution < -0.4 is 0 Å². The Labute approximate surface area is 170 Å². The minimum atomic E-state index is -0.593. The number of halogens is 1. The molecule has 0 aliphatic heterocycles. The fraction of sp³-hybridized carbons (Fsp3) is 0.273. The molecule has 0 aromatic heterocycles. The average Bonchev–Trinajstić information content (AvgIpc) is 2.61. The zero-order valence-electron chi connectivity index (χ0n) is 15.9. The number of ether oxygens (including phenoxy) is 1. The molecule has 0 bridgehead atoms. The van der Waals surface area contributed by atoms with E-state index >= 15 is 0 Å². The lowest BCUT2D eigenvalue weighted by Crippen LogP contribution is -2.12. The summed E-state index contributed by atoms with van der Waals surface area (Å²) in [6.45, 7) is 7.56. The Morgan fingerprint density at radius 1 is 1.22 bits per heavy atom. The Morgan fingerprint density at radius 3 is 2.48 bits per heavy atom. The van der Waals surface area contributed by atoms with E-state index in [4.69, 9.17) is 16.3 Å². The summed E-state index contributed by atoms with van der Waals surface area (Å²) in [6.07, 6.45) is 1.34. The third kappa shape index (κ3) is 6.16. The van der Waals surface area contributed by atoms with Gasteiger partial charge in [-0.3, -0.25) is 0 Å². The van der Waals surface area contributed by atoms with Crippen LogP contribution in [0.5, 0.6) is 0 Å². The number of nitriles is 1. The van der Waals surface area contributed by atoms with Gasteiger partial charge in [-0.1, -0.05) is 23.7 Å². The van der Waals surface area contributed by atoms with Gasteiger partial charge in [0.15, 0.2) is 0 Å². The molecule has 0 unspecified atom stereocenters. The van der Waals surface area contributed by atoms with Crippen molar-refractivity contribution in [2.45, 2.75) is 44.4 Å². The summed E-state index contributed by atoms with van der Waals surface area (Å²) < 4.78 is 5.14. The quantitative estimate of drug-likeness (QED) is 0.254. The number of aryl methyl sites for hydroxylation is 2. The van der Waals surface area contributed by atoms with Crippen molar-refractivity contribution >= 4 is 35.4 Å². The number of rotatable bonds is 6. The van der Waals surface area contributed by atoms with Gasteiger partial charge in [-0.15, -0.1) is 11.8 Å². The highest BCUT2D eigenvalue weighted by Crippen LogP contribution is 2.28. The highest BCUT2D eigenvalue weighted by atomic mass is 35.5. The molecule has 140 valence electrons. The molecule has 3 nitrogen and oxygen atoms in total. The molecule has 0 radical (unpaired) electrons. The minimum absolute atomic E-state index is 0.00644. The van der Waals surface area contributed by atoms with Gasteiger partial charge in [0, 0.05) is 15.7 Å². The van der Waals surface area contributed by atoms with Gasteiger partial charge in [0.2, 0.25) is 0 Å². The second-order valence-corrected chi connectivity index (χ2v) is 7.99. The van der Waals surface area contributed by atoms with Gasteiger partial charge in [-0.2, -0.15) is 5.26 Å². The zero-order chi connectivity index (χ0) is 20.0. The Morgan fingerprint density at radius 2 is 1.89 bits per heavy atom. The summed E-state index contributed by atoms with van der Waals surface area (Å²) in [7, 11) is 0. The van der Waals surface area contributed by atoms with E-state index in [-0.39, 0.29) is 11.7 Å². The third-order valence-electron chi connectivity index (χ3n) is 3.92. The number of benzene rings is 2. The normalized spacial score (nSPS) is 11.4. The lowest BCUT2D eigenvalue weighted by molar-refractivity contribution is -0.142. The molecule has 0 saturated heterocycles.